The van der Waals surface area contributed by atoms with Gasteiger partial charge in [-0.3, -0.25) is 0 Å². The molecule has 0 atom stereocenters. The smallest absolute Gasteiger partial charge is 0.183 e. The van der Waals surface area contributed by atoms with Crippen molar-refractivity contribution in [2.45, 2.75) is 25.8 Å². The highest BCUT2D eigenvalue weighted by atomic mass is 79.9. The third-order valence-corrected chi connectivity index (χ3v) is 5.75. The van der Waals surface area contributed by atoms with Crippen LogP contribution in [0.25, 0.3) is 11.0 Å². The molecule has 0 radical (unpaired) electrons. The van der Waals surface area contributed by atoms with Crippen LogP contribution >= 0.6 is 27.3 Å². The van der Waals surface area contributed by atoms with Gasteiger partial charge in [0, 0.05) is 31.6 Å². The summed E-state index contributed by atoms with van der Waals surface area (Å²) in [5, 5.41) is 12.0. The van der Waals surface area contributed by atoms with Crippen LogP contribution in [0.4, 0.5) is 10.9 Å². The number of hydrogen-bond acceptors (Lipinski definition) is 7. The number of aromatic nitrogens is 5. The minimum Gasteiger partial charge on any atom is -0.359 e. The van der Waals surface area contributed by atoms with Gasteiger partial charge in [-0.25, -0.2) is 19.6 Å². The molecule has 1 saturated heterocycles. The zero-order valence-corrected chi connectivity index (χ0v) is 15.9. The maximum absolute atomic E-state index is 4.52. The van der Waals surface area contributed by atoms with Crippen LogP contribution in [0.1, 0.15) is 18.5 Å². The monoisotopic (exact) mass is 407 g/mol. The molecule has 0 saturated carbocycles. The molecule has 0 unspecified atom stereocenters. The van der Waals surface area contributed by atoms with E-state index in [1.54, 1.807) is 22.3 Å². The first kappa shape index (κ1) is 15.8. The molecular formula is C15H18BrN7S. The Morgan fingerprint density at radius 1 is 1.29 bits per heavy atom. The number of piperidine rings is 1. The average molecular weight is 408 g/mol. The fourth-order valence-corrected chi connectivity index (χ4v) is 4.46. The zero-order valence-electron chi connectivity index (χ0n) is 13.5. The van der Waals surface area contributed by atoms with E-state index in [1.807, 2.05) is 14.0 Å². The van der Waals surface area contributed by atoms with Crippen LogP contribution < -0.4 is 10.2 Å². The SMILES string of the molecule is Cc1csc(NC2CCN(c3ncnc4c3c(Br)nn4C)CC2)n1. The van der Waals surface area contributed by atoms with Crippen molar-refractivity contribution in [3.63, 3.8) is 0 Å². The number of nitrogens with zero attached hydrogens (tertiary/aromatic N) is 6. The van der Waals surface area contributed by atoms with Crippen LogP contribution in [0.2, 0.25) is 0 Å². The van der Waals surface area contributed by atoms with Crippen LogP contribution in [0, 0.1) is 6.92 Å². The van der Waals surface area contributed by atoms with Crippen molar-refractivity contribution in [1.29, 1.82) is 0 Å². The molecule has 126 valence electrons. The normalized spacial score (nSPS) is 16.0. The summed E-state index contributed by atoms with van der Waals surface area (Å²) < 4.78 is 2.58. The number of rotatable bonds is 3. The average Bonchev–Trinajstić information content (AvgIpc) is 3.12. The maximum Gasteiger partial charge on any atom is 0.183 e. The minimum atomic E-state index is 0.460. The lowest BCUT2D eigenvalue weighted by Gasteiger charge is -2.33. The van der Waals surface area contributed by atoms with Gasteiger partial charge in [0.1, 0.15) is 16.7 Å². The largest absolute Gasteiger partial charge is 0.359 e. The van der Waals surface area contributed by atoms with Crippen molar-refractivity contribution >= 4 is 49.2 Å². The lowest BCUT2D eigenvalue weighted by Crippen LogP contribution is -2.39. The van der Waals surface area contributed by atoms with E-state index in [-0.39, 0.29) is 0 Å². The molecule has 1 aliphatic heterocycles. The van der Waals surface area contributed by atoms with Gasteiger partial charge in [0.15, 0.2) is 10.8 Å². The fourth-order valence-electron chi connectivity index (χ4n) is 3.10. The van der Waals surface area contributed by atoms with E-state index < -0.39 is 0 Å². The van der Waals surface area contributed by atoms with Gasteiger partial charge < -0.3 is 10.2 Å². The van der Waals surface area contributed by atoms with Crippen molar-refractivity contribution in [3.05, 3.63) is 22.0 Å². The number of aryl methyl sites for hydroxylation is 2. The molecule has 1 N–H and O–H groups in total. The highest BCUT2D eigenvalue weighted by Crippen LogP contribution is 2.31. The molecule has 3 aromatic rings. The van der Waals surface area contributed by atoms with Gasteiger partial charge >= 0.3 is 0 Å². The van der Waals surface area contributed by atoms with Crippen LogP contribution in [0.5, 0.6) is 0 Å². The highest BCUT2D eigenvalue weighted by molar-refractivity contribution is 9.10. The number of nitrogens with one attached hydrogen (secondary N) is 1. The summed E-state index contributed by atoms with van der Waals surface area (Å²) in [6.07, 6.45) is 3.73. The molecule has 9 heteroatoms. The molecule has 4 heterocycles. The summed E-state index contributed by atoms with van der Waals surface area (Å²) in [6, 6.07) is 0.460. The Hall–Kier alpha value is -1.74. The predicted molar refractivity (Wildman–Crippen MR) is 99.7 cm³/mol. The zero-order chi connectivity index (χ0) is 16.7. The second-order valence-electron chi connectivity index (χ2n) is 6.01. The second-order valence-corrected chi connectivity index (χ2v) is 7.62. The van der Waals surface area contributed by atoms with Crippen molar-refractivity contribution in [3.8, 4) is 0 Å². The van der Waals surface area contributed by atoms with Gasteiger partial charge in [-0.15, -0.1) is 11.3 Å². The van der Waals surface area contributed by atoms with Gasteiger partial charge in [-0.1, -0.05) is 0 Å². The Kier molecular flexibility index (Phi) is 4.13. The van der Waals surface area contributed by atoms with E-state index in [2.05, 4.69) is 51.6 Å². The van der Waals surface area contributed by atoms with E-state index >= 15 is 0 Å². The number of thiazole rings is 1. The molecular weight excluding hydrogens is 390 g/mol. The van der Waals surface area contributed by atoms with Crippen molar-refractivity contribution in [2.75, 3.05) is 23.3 Å². The van der Waals surface area contributed by atoms with Gasteiger partial charge in [-0.2, -0.15) is 5.10 Å². The first-order chi connectivity index (χ1) is 11.6. The summed E-state index contributed by atoms with van der Waals surface area (Å²) in [7, 11) is 1.90. The minimum absolute atomic E-state index is 0.460. The summed E-state index contributed by atoms with van der Waals surface area (Å²) in [6.45, 7) is 3.93. The third-order valence-electron chi connectivity index (χ3n) is 4.30. The Balaban J connectivity index is 1.50. The van der Waals surface area contributed by atoms with Gasteiger partial charge in [0.05, 0.1) is 11.1 Å². The van der Waals surface area contributed by atoms with Gasteiger partial charge in [0.25, 0.3) is 0 Å². The number of hydrogen-bond donors (Lipinski definition) is 1. The first-order valence-electron chi connectivity index (χ1n) is 7.88. The van der Waals surface area contributed by atoms with Crippen LogP contribution in [-0.2, 0) is 7.05 Å². The van der Waals surface area contributed by atoms with Crippen molar-refractivity contribution in [2.24, 2.45) is 7.05 Å². The molecule has 3 aromatic heterocycles. The summed E-state index contributed by atoms with van der Waals surface area (Å²) >= 11 is 5.21. The van der Waals surface area contributed by atoms with Crippen molar-refractivity contribution < 1.29 is 0 Å². The van der Waals surface area contributed by atoms with E-state index in [1.165, 1.54) is 0 Å². The highest BCUT2D eigenvalue weighted by Gasteiger charge is 2.24. The quantitative estimate of drug-likeness (QED) is 0.719. The lowest BCUT2D eigenvalue weighted by molar-refractivity contribution is 0.524. The molecule has 7 nitrogen and oxygen atoms in total. The van der Waals surface area contributed by atoms with E-state index in [4.69, 9.17) is 0 Å². The van der Waals surface area contributed by atoms with Gasteiger partial charge in [-0.05, 0) is 35.7 Å². The summed E-state index contributed by atoms with van der Waals surface area (Å²) in [5.74, 6) is 0.962. The Morgan fingerprint density at radius 3 is 2.79 bits per heavy atom. The summed E-state index contributed by atoms with van der Waals surface area (Å²) in [4.78, 5) is 15.7. The second kappa shape index (κ2) is 6.29. The molecule has 1 fully saturated rings. The van der Waals surface area contributed by atoms with Gasteiger partial charge in [0.2, 0.25) is 0 Å². The van der Waals surface area contributed by atoms with Crippen LogP contribution in [-0.4, -0.2) is 43.9 Å². The summed E-state index contributed by atoms with van der Waals surface area (Å²) in [5.41, 5.74) is 1.93. The van der Waals surface area contributed by atoms with Crippen molar-refractivity contribution in [1.82, 2.24) is 24.7 Å². The van der Waals surface area contributed by atoms with Crippen LogP contribution in [0.3, 0.4) is 0 Å². The Morgan fingerprint density at radius 2 is 2.08 bits per heavy atom. The topological polar surface area (TPSA) is 71.8 Å². The molecule has 4 rings (SSSR count). The molecule has 24 heavy (non-hydrogen) atoms. The maximum atomic E-state index is 4.52. The number of fused-ring (bicyclic) bond motifs is 1. The van der Waals surface area contributed by atoms with E-state index in [0.29, 0.717) is 6.04 Å². The number of halogens is 1. The molecule has 0 aromatic carbocycles. The standard InChI is InChI=1S/C15H18BrN7S/c1-9-7-24-15(19-9)20-10-3-5-23(6-4-10)14-11-12(16)21-22(2)13(11)17-8-18-14/h7-8,10H,3-6H2,1-2H3,(H,19,20). The number of anilines is 2. The molecule has 1 aliphatic rings. The molecule has 0 spiro atoms. The molecule has 0 amide bonds. The fraction of sp³-hybridized carbons (Fsp3) is 0.467. The Labute approximate surface area is 152 Å². The van der Waals surface area contributed by atoms with Crippen LogP contribution in [0.15, 0.2) is 16.3 Å². The third kappa shape index (κ3) is 2.86. The molecule has 0 aliphatic carbocycles. The lowest BCUT2D eigenvalue weighted by atomic mass is 10.1. The Bertz CT molecular complexity index is 866. The molecule has 0 bridgehead atoms. The van der Waals surface area contributed by atoms with E-state index in [0.717, 1.165) is 58.2 Å². The van der Waals surface area contributed by atoms with E-state index in [9.17, 15) is 0 Å². The first-order valence-corrected chi connectivity index (χ1v) is 9.56. The predicted octanol–water partition coefficient (Wildman–Crippen LogP) is 2.97.